The van der Waals surface area contributed by atoms with Crippen LogP contribution in [0.25, 0.3) is 0 Å². The Balaban J connectivity index is 2.84. The lowest BCUT2D eigenvalue weighted by atomic mass is 10.1. The molecule has 0 aliphatic carbocycles. The number of rotatable bonds is 3. The van der Waals surface area contributed by atoms with Crippen molar-refractivity contribution in [2.75, 3.05) is 6.54 Å². The van der Waals surface area contributed by atoms with Gasteiger partial charge in [-0.2, -0.15) is 5.01 Å². The van der Waals surface area contributed by atoms with Gasteiger partial charge < -0.3 is 0 Å². The third-order valence-electron chi connectivity index (χ3n) is 2.05. The molecule has 0 spiro atoms. The fourth-order valence-electron chi connectivity index (χ4n) is 1.30. The standard InChI is InChI=1S/C8H12N2O3/c1-3-9(5-11)10-7(12)4-6(2)8(10)13/h5-6H,3-4H2,1-2H3. The van der Waals surface area contributed by atoms with E-state index in [4.69, 9.17) is 0 Å². The van der Waals surface area contributed by atoms with Crippen LogP contribution in [0.15, 0.2) is 0 Å². The fraction of sp³-hybridized carbons (Fsp3) is 0.625. The van der Waals surface area contributed by atoms with Crippen molar-refractivity contribution in [3.63, 3.8) is 0 Å². The third kappa shape index (κ3) is 1.54. The van der Waals surface area contributed by atoms with Crippen LogP contribution in [0.4, 0.5) is 0 Å². The molecule has 1 atom stereocenters. The van der Waals surface area contributed by atoms with E-state index in [2.05, 4.69) is 0 Å². The van der Waals surface area contributed by atoms with E-state index in [0.717, 1.165) is 10.0 Å². The Morgan fingerprint density at radius 2 is 2.23 bits per heavy atom. The molecule has 5 nitrogen and oxygen atoms in total. The summed E-state index contributed by atoms with van der Waals surface area (Å²) in [5, 5.41) is 2.02. The highest BCUT2D eigenvalue weighted by molar-refractivity contribution is 6.03. The summed E-state index contributed by atoms with van der Waals surface area (Å²) in [5.74, 6) is -0.896. The Bertz CT molecular complexity index is 252. The van der Waals surface area contributed by atoms with Crippen LogP contribution in [-0.2, 0) is 14.4 Å². The molecule has 0 bridgehead atoms. The molecule has 3 amide bonds. The summed E-state index contributed by atoms with van der Waals surface area (Å²) < 4.78 is 0. The van der Waals surface area contributed by atoms with E-state index in [1.165, 1.54) is 0 Å². The van der Waals surface area contributed by atoms with E-state index in [1.807, 2.05) is 0 Å². The Morgan fingerprint density at radius 1 is 1.62 bits per heavy atom. The molecule has 1 saturated heterocycles. The van der Waals surface area contributed by atoms with Crippen molar-refractivity contribution in [3.8, 4) is 0 Å². The maximum atomic E-state index is 11.4. The van der Waals surface area contributed by atoms with Crippen LogP contribution in [0.1, 0.15) is 20.3 Å². The topological polar surface area (TPSA) is 57.7 Å². The Labute approximate surface area is 76.3 Å². The van der Waals surface area contributed by atoms with Crippen molar-refractivity contribution in [2.24, 2.45) is 5.92 Å². The highest BCUT2D eigenvalue weighted by Crippen LogP contribution is 2.19. The van der Waals surface area contributed by atoms with Gasteiger partial charge in [0.25, 0.3) is 5.91 Å². The number of hydrogen-bond donors (Lipinski definition) is 0. The molecule has 0 N–H and O–H groups in total. The first kappa shape index (κ1) is 9.70. The lowest BCUT2D eigenvalue weighted by Gasteiger charge is -2.24. The van der Waals surface area contributed by atoms with Crippen molar-refractivity contribution >= 4 is 18.2 Å². The summed E-state index contributed by atoms with van der Waals surface area (Å²) in [6.45, 7) is 3.71. The van der Waals surface area contributed by atoms with E-state index in [1.54, 1.807) is 13.8 Å². The van der Waals surface area contributed by atoms with Gasteiger partial charge in [-0.05, 0) is 6.92 Å². The summed E-state index contributed by atoms with van der Waals surface area (Å²) >= 11 is 0. The largest absolute Gasteiger partial charge is 0.277 e. The Morgan fingerprint density at radius 3 is 2.54 bits per heavy atom. The number of hydrazine groups is 1. The van der Waals surface area contributed by atoms with Gasteiger partial charge in [0, 0.05) is 18.9 Å². The highest BCUT2D eigenvalue weighted by Gasteiger charge is 2.38. The first-order valence-electron chi connectivity index (χ1n) is 4.20. The van der Waals surface area contributed by atoms with Gasteiger partial charge in [0.05, 0.1) is 0 Å². The van der Waals surface area contributed by atoms with Crippen LogP contribution in [0.5, 0.6) is 0 Å². The summed E-state index contributed by atoms with van der Waals surface area (Å²) in [4.78, 5) is 33.1. The fourth-order valence-corrected chi connectivity index (χ4v) is 1.30. The average molecular weight is 184 g/mol. The molecule has 13 heavy (non-hydrogen) atoms. The normalized spacial score (nSPS) is 22.3. The third-order valence-corrected chi connectivity index (χ3v) is 2.05. The molecular weight excluding hydrogens is 172 g/mol. The summed E-state index contributed by atoms with van der Waals surface area (Å²) in [6.07, 6.45) is 0.691. The van der Waals surface area contributed by atoms with E-state index in [9.17, 15) is 14.4 Å². The SMILES string of the molecule is CCN(C=O)N1C(=O)CC(C)C1=O. The molecule has 0 aromatic heterocycles. The second-order valence-electron chi connectivity index (χ2n) is 3.01. The highest BCUT2D eigenvalue weighted by atomic mass is 16.2. The van der Waals surface area contributed by atoms with Gasteiger partial charge in [-0.15, -0.1) is 0 Å². The minimum absolute atomic E-state index is 0.198. The van der Waals surface area contributed by atoms with Gasteiger partial charge in [-0.1, -0.05) is 6.92 Å². The van der Waals surface area contributed by atoms with Crippen molar-refractivity contribution in [2.45, 2.75) is 20.3 Å². The summed E-state index contributed by atoms with van der Waals surface area (Å²) in [7, 11) is 0. The van der Waals surface area contributed by atoms with E-state index < -0.39 is 0 Å². The second-order valence-corrected chi connectivity index (χ2v) is 3.01. The summed E-state index contributed by atoms with van der Waals surface area (Å²) in [5.41, 5.74) is 0. The lowest BCUT2D eigenvalue weighted by molar-refractivity contribution is -0.162. The molecule has 0 saturated carbocycles. The van der Waals surface area contributed by atoms with Crippen LogP contribution in [0, 0.1) is 5.92 Å². The Hall–Kier alpha value is -1.39. The number of carbonyl (C=O) groups excluding carboxylic acids is 3. The lowest BCUT2D eigenvalue weighted by Crippen LogP contribution is -2.45. The minimum Gasteiger partial charge on any atom is -0.277 e. The maximum absolute atomic E-state index is 11.4. The molecule has 1 rings (SSSR count). The van der Waals surface area contributed by atoms with Gasteiger partial charge >= 0.3 is 0 Å². The van der Waals surface area contributed by atoms with Crippen LogP contribution >= 0.6 is 0 Å². The van der Waals surface area contributed by atoms with Crippen LogP contribution < -0.4 is 0 Å². The monoisotopic (exact) mass is 184 g/mol. The molecule has 1 aliphatic rings. The van der Waals surface area contributed by atoms with Crippen molar-refractivity contribution < 1.29 is 14.4 Å². The van der Waals surface area contributed by atoms with Crippen LogP contribution in [-0.4, -0.2) is 34.8 Å². The van der Waals surface area contributed by atoms with Crippen LogP contribution in [0.2, 0.25) is 0 Å². The van der Waals surface area contributed by atoms with E-state index >= 15 is 0 Å². The zero-order chi connectivity index (χ0) is 10.0. The zero-order valence-electron chi connectivity index (χ0n) is 7.69. The zero-order valence-corrected chi connectivity index (χ0v) is 7.69. The van der Waals surface area contributed by atoms with Gasteiger partial charge in [0.1, 0.15) is 0 Å². The second kappa shape index (κ2) is 3.55. The minimum atomic E-state index is -0.304. The van der Waals surface area contributed by atoms with Crippen LogP contribution in [0.3, 0.4) is 0 Å². The molecule has 0 aromatic carbocycles. The van der Waals surface area contributed by atoms with Gasteiger partial charge in [-0.25, -0.2) is 5.01 Å². The van der Waals surface area contributed by atoms with Crippen molar-refractivity contribution in [1.82, 2.24) is 10.0 Å². The number of imide groups is 1. The molecule has 0 aromatic rings. The Kier molecular flexibility index (Phi) is 2.65. The molecule has 0 radical (unpaired) electrons. The number of hydrogen-bond acceptors (Lipinski definition) is 3. The van der Waals surface area contributed by atoms with Crippen molar-refractivity contribution in [3.05, 3.63) is 0 Å². The molecule has 1 fully saturated rings. The van der Waals surface area contributed by atoms with Gasteiger partial charge in [-0.3, -0.25) is 14.4 Å². The molecular formula is C8H12N2O3. The first-order valence-corrected chi connectivity index (χ1v) is 4.20. The quantitative estimate of drug-likeness (QED) is 0.450. The smallest absolute Gasteiger partial charge is 0.251 e. The van der Waals surface area contributed by atoms with Gasteiger partial charge in [0.2, 0.25) is 12.3 Å². The molecule has 1 heterocycles. The number of amides is 3. The predicted octanol–water partition coefficient (Wildman–Crippen LogP) is -0.225. The molecule has 1 unspecified atom stereocenters. The maximum Gasteiger partial charge on any atom is 0.251 e. The molecule has 72 valence electrons. The van der Waals surface area contributed by atoms with E-state index in [0.29, 0.717) is 13.0 Å². The van der Waals surface area contributed by atoms with Gasteiger partial charge in [0.15, 0.2) is 0 Å². The molecule has 5 heteroatoms. The first-order chi connectivity index (χ1) is 6.11. The average Bonchev–Trinajstić information content (AvgIpc) is 2.34. The summed E-state index contributed by atoms with van der Waals surface area (Å²) in [6, 6.07) is 0. The predicted molar refractivity (Wildman–Crippen MR) is 44.1 cm³/mol. The van der Waals surface area contributed by atoms with E-state index in [-0.39, 0.29) is 24.2 Å². The van der Waals surface area contributed by atoms with Crippen molar-refractivity contribution in [1.29, 1.82) is 0 Å². The molecule has 1 aliphatic heterocycles. The number of carbonyl (C=O) groups is 3. The number of nitrogens with zero attached hydrogens (tertiary/aromatic N) is 2.